The van der Waals surface area contributed by atoms with E-state index in [1.54, 1.807) is 24.4 Å². The van der Waals surface area contributed by atoms with Crippen molar-refractivity contribution in [1.82, 2.24) is 14.9 Å². The Labute approximate surface area is 169 Å². The smallest absolute Gasteiger partial charge is 0.416 e. The second-order valence-corrected chi connectivity index (χ2v) is 7.36. The molecule has 2 aliphatic rings. The van der Waals surface area contributed by atoms with Crippen LogP contribution in [-0.4, -0.2) is 50.0 Å². The third kappa shape index (κ3) is 4.23. The Morgan fingerprint density at radius 3 is 2.53 bits per heavy atom. The molecule has 3 rings (SSSR count). The molecule has 0 fully saturated rings. The van der Waals surface area contributed by atoms with E-state index in [4.69, 9.17) is 0 Å². The lowest BCUT2D eigenvalue weighted by Crippen LogP contribution is -2.53. The van der Waals surface area contributed by atoms with Crippen molar-refractivity contribution in [3.63, 3.8) is 0 Å². The molecular weight excluding hydrogens is 403 g/mol. The van der Waals surface area contributed by atoms with Crippen molar-refractivity contribution in [2.75, 3.05) is 0 Å². The molecule has 0 aliphatic carbocycles. The van der Waals surface area contributed by atoms with Gasteiger partial charge in [-0.25, -0.2) is 9.78 Å². The number of nitrogens with one attached hydrogen (secondary N) is 1. The van der Waals surface area contributed by atoms with Crippen LogP contribution in [0.15, 0.2) is 36.7 Å². The van der Waals surface area contributed by atoms with Gasteiger partial charge in [0.05, 0.1) is 22.8 Å². The molecule has 10 heteroatoms. The molecule has 0 bridgehead atoms. The van der Waals surface area contributed by atoms with E-state index >= 15 is 0 Å². The Kier molecular flexibility index (Phi) is 5.71. The van der Waals surface area contributed by atoms with Crippen molar-refractivity contribution in [3.8, 4) is 11.3 Å². The predicted molar refractivity (Wildman–Crippen MR) is 102 cm³/mol. The van der Waals surface area contributed by atoms with E-state index in [2.05, 4.69) is 10.3 Å². The van der Waals surface area contributed by atoms with E-state index < -0.39 is 36.1 Å². The van der Waals surface area contributed by atoms with E-state index in [0.29, 0.717) is 22.2 Å². The molecule has 0 aromatic heterocycles. The van der Waals surface area contributed by atoms with Crippen LogP contribution in [-0.2, 0) is 11.3 Å². The van der Waals surface area contributed by atoms with E-state index in [1.807, 2.05) is 0 Å². The zero-order valence-electron chi connectivity index (χ0n) is 16.1. The topological polar surface area (TPSA) is 104 Å². The maximum absolute atomic E-state index is 12.8. The van der Waals surface area contributed by atoms with Crippen LogP contribution in [0.5, 0.6) is 0 Å². The molecule has 2 heterocycles. The largest absolute Gasteiger partial charge is 0.478 e. The highest BCUT2D eigenvalue weighted by Gasteiger charge is 2.45. The summed E-state index contributed by atoms with van der Waals surface area (Å²) in [5, 5.41) is 21.7. The number of para-hydroxylation sites is 1. The Hall–Kier alpha value is -3.14. The van der Waals surface area contributed by atoms with E-state index in [9.17, 15) is 33.0 Å². The molecule has 1 aromatic rings. The van der Waals surface area contributed by atoms with Gasteiger partial charge in [0.1, 0.15) is 6.54 Å². The number of nitrogens with zero attached hydrogens (tertiary/aromatic N) is 2. The minimum Gasteiger partial charge on any atom is -0.478 e. The van der Waals surface area contributed by atoms with Gasteiger partial charge in [0.25, 0.3) is 0 Å². The number of aliphatic hydroxyl groups is 1. The zero-order valence-corrected chi connectivity index (χ0v) is 16.1. The SMILES string of the molecule is CC(C)C(NC(=O)Cn1ccc2c3cccc(C(=O)O)c3nc-2c1)C(O)C(F)(F)F. The van der Waals surface area contributed by atoms with Gasteiger partial charge in [-0.3, -0.25) is 4.79 Å². The molecular formula is C20H20F3N3O4. The molecule has 0 saturated heterocycles. The molecule has 1 amide bonds. The minimum absolute atomic E-state index is 0.0499. The van der Waals surface area contributed by atoms with Gasteiger partial charge in [0, 0.05) is 23.3 Å². The standard InChI is InChI=1S/C20H20F3N3O4/c1-10(2)16(18(28)20(21,22)23)25-15(27)9-26-7-6-11-12-4-3-5-13(19(29)30)17(12)24-14(11)8-26/h3-8,10,16,18,28H,9H2,1-2H3,(H,25,27)(H,29,30). The van der Waals surface area contributed by atoms with Crippen LogP contribution in [0.25, 0.3) is 22.2 Å². The quantitative estimate of drug-likeness (QED) is 0.566. The molecule has 0 saturated carbocycles. The summed E-state index contributed by atoms with van der Waals surface area (Å²) in [4.78, 5) is 28.0. The lowest BCUT2D eigenvalue weighted by Gasteiger charge is -2.29. The van der Waals surface area contributed by atoms with E-state index in [0.717, 1.165) is 0 Å². The van der Waals surface area contributed by atoms with Crippen molar-refractivity contribution in [3.05, 3.63) is 42.2 Å². The number of fused-ring (bicyclic) bond motifs is 3. The normalized spacial score (nSPS) is 14.2. The summed E-state index contributed by atoms with van der Waals surface area (Å²) in [6, 6.07) is 4.96. The van der Waals surface area contributed by atoms with Gasteiger partial charge in [-0.1, -0.05) is 26.0 Å². The fraction of sp³-hybridized carbons (Fsp3) is 0.350. The third-order valence-corrected chi connectivity index (χ3v) is 4.83. The fourth-order valence-corrected chi connectivity index (χ4v) is 3.33. The molecule has 2 aliphatic heterocycles. The van der Waals surface area contributed by atoms with Gasteiger partial charge in [0.2, 0.25) is 5.91 Å². The van der Waals surface area contributed by atoms with Crippen LogP contribution < -0.4 is 5.32 Å². The van der Waals surface area contributed by atoms with Crippen LogP contribution in [0.2, 0.25) is 0 Å². The maximum atomic E-state index is 12.8. The number of amides is 1. The number of aromatic nitrogens is 2. The zero-order chi connectivity index (χ0) is 22.2. The van der Waals surface area contributed by atoms with Crippen LogP contribution in [0.4, 0.5) is 13.2 Å². The average Bonchev–Trinajstić information content (AvgIpc) is 3.02. The van der Waals surface area contributed by atoms with Crippen LogP contribution >= 0.6 is 0 Å². The number of carboxylic acids is 1. The summed E-state index contributed by atoms with van der Waals surface area (Å²) in [7, 11) is 0. The molecule has 0 spiro atoms. The first kappa shape index (κ1) is 21.6. The lowest BCUT2D eigenvalue weighted by molar-refractivity contribution is -0.215. The Bertz CT molecular complexity index is 1060. The third-order valence-electron chi connectivity index (χ3n) is 4.83. The van der Waals surface area contributed by atoms with Crippen LogP contribution in [0.1, 0.15) is 24.2 Å². The number of halogens is 3. The molecule has 30 heavy (non-hydrogen) atoms. The number of carbonyl (C=O) groups is 2. The number of benzene rings is 1. The monoisotopic (exact) mass is 423 g/mol. The number of aromatic carboxylic acids is 1. The van der Waals surface area contributed by atoms with Crippen LogP contribution in [0, 0.1) is 5.92 Å². The predicted octanol–water partition coefficient (Wildman–Crippen LogP) is 2.90. The van der Waals surface area contributed by atoms with Crippen molar-refractivity contribution in [2.24, 2.45) is 5.92 Å². The van der Waals surface area contributed by atoms with Crippen molar-refractivity contribution in [1.29, 1.82) is 0 Å². The summed E-state index contributed by atoms with van der Waals surface area (Å²) < 4.78 is 40.0. The second-order valence-electron chi connectivity index (χ2n) is 7.36. The first-order chi connectivity index (χ1) is 14.0. The Morgan fingerprint density at radius 1 is 1.23 bits per heavy atom. The number of pyridine rings is 1. The van der Waals surface area contributed by atoms with Crippen LogP contribution in [0.3, 0.4) is 0 Å². The maximum Gasteiger partial charge on any atom is 0.416 e. The highest BCUT2D eigenvalue weighted by Crippen LogP contribution is 2.32. The van der Waals surface area contributed by atoms with Gasteiger partial charge in [-0.2, -0.15) is 13.2 Å². The number of hydrogen-bond acceptors (Lipinski definition) is 4. The van der Waals surface area contributed by atoms with Gasteiger partial charge in [-0.05, 0) is 18.1 Å². The van der Waals surface area contributed by atoms with Crippen molar-refractivity contribution in [2.45, 2.75) is 38.7 Å². The summed E-state index contributed by atoms with van der Waals surface area (Å²) in [5.41, 5.74) is 1.51. The van der Waals surface area contributed by atoms with Gasteiger partial charge >= 0.3 is 12.1 Å². The molecule has 0 radical (unpaired) electrons. The second kappa shape index (κ2) is 7.94. The molecule has 1 aromatic carbocycles. The highest BCUT2D eigenvalue weighted by atomic mass is 19.4. The number of hydrogen-bond donors (Lipinski definition) is 3. The van der Waals surface area contributed by atoms with E-state index in [1.165, 1.54) is 30.7 Å². The van der Waals surface area contributed by atoms with Crippen molar-refractivity contribution < 1.29 is 33.0 Å². The molecule has 160 valence electrons. The van der Waals surface area contributed by atoms with E-state index in [-0.39, 0.29) is 12.1 Å². The first-order valence-corrected chi connectivity index (χ1v) is 9.14. The number of carboxylic acid groups (broad SMARTS) is 1. The van der Waals surface area contributed by atoms with Crippen molar-refractivity contribution >= 4 is 22.8 Å². The number of carbonyl (C=O) groups excluding carboxylic acids is 1. The summed E-state index contributed by atoms with van der Waals surface area (Å²) in [6.07, 6.45) is -4.45. The molecule has 2 atom stereocenters. The van der Waals surface area contributed by atoms with Gasteiger partial charge < -0.3 is 20.1 Å². The first-order valence-electron chi connectivity index (χ1n) is 9.14. The van der Waals surface area contributed by atoms with Gasteiger partial charge in [0.15, 0.2) is 6.10 Å². The summed E-state index contributed by atoms with van der Waals surface area (Å²) in [6.45, 7) is 2.65. The highest BCUT2D eigenvalue weighted by molar-refractivity contribution is 6.08. The molecule has 3 N–H and O–H groups in total. The number of aliphatic hydroxyl groups excluding tert-OH is 1. The number of rotatable bonds is 6. The number of alkyl halides is 3. The summed E-state index contributed by atoms with van der Waals surface area (Å²) in [5.74, 6) is -2.46. The Balaban J connectivity index is 1.84. The lowest BCUT2D eigenvalue weighted by atomic mass is 9.98. The van der Waals surface area contributed by atoms with Gasteiger partial charge in [-0.15, -0.1) is 0 Å². The average molecular weight is 423 g/mol. The summed E-state index contributed by atoms with van der Waals surface area (Å²) >= 11 is 0. The fourth-order valence-electron chi connectivity index (χ4n) is 3.33. The minimum atomic E-state index is -4.85. The molecule has 7 nitrogen and oxygen atoms in total. The molecule has 2 unspecified atom stereocenters. The Morgan fingerprint density at radius 2 is 1.93 bits per heavy atom.